The van der Waals surface area contributed by atoms with Gasteiger partial charge in [0.05, 0.1) is 34.1 Å². The number of hydrogen-bond acceptors (Lipinski definition) is 9. The lowest BCUT2D eigenvalue weighted by molar-refractivity contribution is 0.0578. The largest absolute Gasteiger partial charge is 0.442 e. The molecule has 0 heterocycles. The fourth-order valence-electron chi connectivity index (χ4n) is 4.51. The van der Waals surface area contributed by atoms with Gasteiger partial charge in [0, 0.05) is 0 Å². The zero-order valence-electron chi connectivity index (χ0n) is 30.7. The summed E-state index contributed by atoms with van der Waals surface area (Å²) in [4.78, 5) is 40.7. The molecule has 4 aromatic rings. The first-order valence-corrected chi connectivity index (χ1v) is 16.6. The molecule has 0 atom stereocenters. The Hall–Kier alpha value is -5.91. The molecular weight excluding hydrogens is 648 g/mol. The van der Waals surface area contributed by atoms with E-state index in [1.54, 1.807) is 153 Å². The Morgan fingerprint density at radius 1 is 0.412 bits per heavy atom. The third kappa shape index (κ3) is 11.9. The zero-order valence-corrected chi connectivity index (χ0v) is 30.7. The zero-order chi connectivity index (χ0) is 37.4. The van der Waals surface area contributed by atoms with Crippen LogP contribution in [0.25, 0.3) is 0 Å². The van der Waals surface area contributed by atoms with Crippen LogP contribution >= 0.6 is 0 Å². The number of ether oxygens (including phenoxy) is 3. The molecule has 0 saturated carbocycles. The summed E-state index contributed by atoms with van der Waals surface area (Å²) in [5, 5.41) is 3.83. The number of rotatable bonds is 9. The van der Waals surface area contributed by atoms with Crippen LogP contribution in [0, 0.1) is 0 Å². The van der Waals surface area contributed by atoms with Gasteiger partial charge in [0.15, 0.2) is 0 Å². The van der Waals surface area contributed by atoms with Gasteiger partial charge in [-0.05, 0) is 117 Å². The molecule has 0 aliphatic carbocycles. The Kier molecular flexibility index (Phi) is 11.7. The van der Waals surface area contributed by atoms with Crippen LogP contribution in [0.2, 0.25) is 0 Å². The van der Waals surface area contributed by atoms with Gasteiger partial charge in [-0.1, -0.05) is 54.6 Å². The van der Waals surface area contributed by atoms with E-state index >= 15 is 0 Å². The molecule has 0 aliphatic heterocycles. The molecule has 0 saturated heterocycles. The van der Waals surface area contributed by atoms with E-state index in [0.717, 1.165) is 0 Å². The molecule has 12 nitrogen and oxygen atoms in total. The molecule has 0 radical (unpaired) electrons. The second-order valence-electron chi connectivity index (χ2n) is 14.6. The maximum Gasteiger partial charge on any atom is 0.433 e. The van der Waals surface area contributed by atoms with Crippen LogP contribution in [-0.2, 0) is 14.2 Å². The summed E-state index contributed by atoms with van der Waals surface area (Å²) >= 11 is 0. The van der Waals surface area contributed by atoms with Crippen LogP contribution in [0.5, 0.6) is 0 Å². The highest BCUT2D eigenvalue weighted by Gasteiger charge is 2.28. The molecule has 0 aliphatic rings. The topological polar surface area (TPSA) is 125 Å². The average molecular weight is 697 g/mol. The number of carbonyl (C=O) groups excluding carboxylic acids is 3. The van der Waals surface area contributed by atoms with Gasteiger partial charge < -0.3 is 14.2 Å². The Morgan fingerprint density at radius 3 is 0.824 bits per heavy atom. The van der Waals surface area contributed by atoms with Gasteiger partial charge >= 0.3 is 18.3 Å². The molecular formula is C39H48N6O6. The van der Waals surface area contributed by atoms with E-state index in [1.165, 1.54) is 15.0 Å². The van der Waals surface area contributed by atoms with Gasteiger partial charge in [0.25, 0.3) is 0 Å². The van der Waals surface area contributed by atoms with Gasteiger partial charge in [-0.3, -0.25) is 16.3 Å². The minimum atomic E-state index is -0.783. The van der Waals surface area contributed by atoms with E-state index in [1.807, 2.05) is 18.2 Å². The van der Waals surface area contributed by atoms with Crippen molar-refractivity contribution >= 4 is 52.4 Å². The quantitative estimate of drug-likeness (QED) is 0.116. The highest BCUT2D eigenvalue weighted by molar-refractivity contribution is 5.94. The normalized spacial score (nSPS) is 11.5. The van der Waals surface area contributed by atoms with Crippen LogP contribution in [0.4, 0.5) is 48.5 Å². The molecule has 0 unspecified atom stereocenters. The highest BCUT2D eigenvalue weighted by atomic mass is 16.6. The van der Waals surface area contributed by atoms with Crippen molar-refractivity contribution < 1.29 is 28.6 Å². The van der Waals surface area contributed by atoms with E-state index in [9.17, 15) is 14.4 Å². The molecule has 4 rings (SSSR count). The molecule has 12 heteroatoms. The number of hydrogen-bond donors (Lipinski definition) is 3. The maximum absolute atomic E-state index is 13.6. The summed E-state index contributed by atoms with van der Waals surface area (Å²) in [6.07, 6.45) is -1.96. The van der Waals surface area contributed by atoms with Crippen LogP contribution < -0.4 is 31.3 Å². The Labute approximate surface area is 300 Å². The molecule has 0 spiro atoms. The van der Waals surface area contributed by atoms with Gasteiger partial charge in [0.2, 0.25) is 0 Å². The van der Waals surface area contributed by atoms with E-state index < -0.39 is 35.1 Å². The SMILES string of the molecule is CC(C)(C)OC(=O)N(Nc1cc(NN(C(=O)OC(C)(C)C)c2ccccc2)cc(NN(C(=O)OC(C)(C)C)c2ccccc2)c1)c1ccccc1. The van der Waals surface area contributed by atoms with Gasteiger partial charge in [0.1, 0.15) is 16.8 Å². The first-order valence-electron chi connectivity index (χ1n) is 16.6. The summed E-state index contributed by atoms with van der Waals surface area (Å²) in [5.74, 6) is 0. The minimum Gasteiger partial charge on any atom is -0.442 e. The third-order valence-electron chi connectivity index (χ3n) is 6.43. The van der Waals surface area contributed by atoms with Crippen LogP contribution in [0.3, 0.4) is 0 Å². The number of anilines is 6. The molecule has 270 valence electrons. The Bertz CT molecular complexity index is 1550. The van der Waals surface area contributed by atoms with Gasteiger partial charge in [-0.25, -0.2) is 14.4 Å². The van der Waals surface area contributed by atoms with Crippen molar-refractivity contribution in [3.63, 3.8) is 0 Å². The number of nitrogens with zero attached hydrogens (tertiary/aromatic N) is 3. The minimum absolute atomic E-state index is 0.395. The average Bonchev–Trinajstić information content (AvgIpc) is 3.03. The van der Waals surface area contributed by atoms with E-state index in [0.29, 0.717) is 34.1 Å². The maximum atomic E-state index is 13.6. The molecule has 0 aromatic heterocycles. The van der Waals surface area contributed by atoms with Crippen LogP contribution in [0.1, 0.15) is 62.3 Å². The summed E-state index contributed by atoms with van der Waals surface area (Å²) in [6, 6.07) is 32.0. The number of benzene rings is 4. The van der Waals surface area contributed by atoms with Crippen molar-refractivity contribution in [2.45, 2.75) is 79.1 Å². The number of carbonyl (C=O) groups is 3. The predicted octanol–water partition coefficient (Wildman–Crippen LogP) is 9.99. The monoisotopic (exact) mass is 696 g/mol. The third-order valence-corrected chi connectivity index (χ3v) is 6.43. The van der Waals surface area contributed by atoms with E-state index in [2.05, 4.69) is 16.3 Å². The molecule has 4 aromatic carbocycles. The fourth-order valence-corrected chi connectivity index (χ4v) is 4.51. The summed E-state index contributed by atoms with van der Waals surface area (Å²) < 4.78 is 17.2. The molecule has 51 heavy (non-hydrogen) atoms. The molecule has 0 bridgehead atoms. The Morgan fingerprint density at radius 2 is 0.627 bits per heavy atom. The lowest BCUT2D eigenvalue weighted by Gasteiger charge is -2.31. The fraction of sp³-hybridized carbons (Fsp3) is 0.308. The van der Waals surface area contributed by atoms with Crippen molar-refractivity contribution in [2.75, 3.05) is 31.3 Å². The van der Waals surface area contributed by atoms with Crippen molar-refractivity contribution in [3.05, 3.63) is 109 Å². The van der Waals surface area contributed by atoms with Crippen LogP contribution in [0.15, 0.2) is 109 Å². The smallest absolute Gasteiger partial charge is 0.433 e. The number of nitrogens with one attached hydrogen (secondary N) is 3. The Balaban J connectivity index is 1.83. The first kappa shape index (κ1) is 37.9. The van der Waals surface area contributed by atoms with Gasteiger partial charge in [-0.15, -0.1) is 0 Å². The van der Waals surface area contributed by atoms with Gasteiger partial charge in [-0.2, -0.15) is 15.0 Å². The second kappa shape index (κ2) is 15.8. The number of para-hydroxylation sites is 3. The van der Waals surface area contributed by atoms with Crippen molar-refractivity contribution in [1.82, 2.24) is 0 Å². The van der Waals surface area contributed by atoms with E-state index in [4.69, 9.17) is 14.2 Å². The molecule has 3 amide bonds. The van der Waals surface area contributed by atoms with Crippen molar-refractivity contribution in [1.29, 1.82) is 0 Å². The van der Waals surface area contributed by atoms with Crippen molar-refractivity contribution in [3.8, 4) is 0 Å². The lowest BCUT2D eigenvalue weighted by atomic mass is 10.2. The molecule has 0 fully saturated rings. The second-order valence-corrected chi connectivity index (χ2v) is 14.6. The number of amides is 3. The molecule has 3 N–H and O–H groups in total. The summed E-state index contributed by atoms with van der Waals surface area (Å²) in [6.45, 7) is 16.0. The highest BCUT2D eigenvalue weighted by Crippen LogP contribution is 2.30. The van der Waals surface area contributed by atoms with E-state index in [-0.39, 0.29) is 0 Å². The standard InChI is InChI=1S/C39H48N6O6/c1-37(2,3)49-34(46)43(31-19-13-10-14-20-31)40-28-25-29(41-44(32-21-15-11-16-22-32)35(47)50-38(4,5)6)27-30(26-28)42-45(33-23-17-12-18-24-33)36(48)51-39(7,8)9/h10-27,40-42H,1-9H3. The predicted molar refractivity (Wildman–Crippen MR) is 203 cm³/mol. The lowest BCUT2D eigenvalue weighted by Crippen LogP contribution is -2.42. The van der Waals surface area contributed by atoms with Crippen LogP contribution in [-0.4, -0.2) is 35.1 Å². The summed E-state index contributed by atoms with van der Waals surface area (Å²) in [5.41, 5.74) is 9.88. The summed E-state index contributed by atoms with van der Waals surface area (Å²) in [7, 11) is 0. The number of hydrazine groups is 3. The first-order chi connectivity index (χ1) is 23.9. The van der Waals surface area contributed by atoms with Crippen molar-refractivity contribution in [2.24, 2.45) is 0 Å².